The summed E-state index contributed by atoms with van der Waals surface area (Å²) >= 11 is 1.48. The molecule has 0 aromatic heterocycles. The average molecular weight is 375 g/mol. The van der Waals surface area contributed by atoms with Gasteiger partial charge in [0.05, 0.1) is 31.2 Å². The van der Waals surface area contributed by atoms with Crippen LogP contribution in [0.4, 0.5) is 5.69 Å². The lowest BCUT2D eigenvalue weighted by Crippen LogP contribution is -2.16. The van der Waals surface area contributed by atoms with Crippen molar-refractivity contribution in [3.63, 3.8) is 0 Å². The number of aromatic carboxylic acids is 1. The Bertz CT molecular complexity index is 807. The van der Waals surface area contributed by atoms with Gasteiger partial charge >= 0.3 is 5.97 Å². The van der Waals surface area contributed by atoms with Gasteiger partial charge in [-0.15, -0.1) is 11.8 Å². The highest BCUT2D eigenvalue weighted by atomic mass is 32.2. The summed E-state index contributed by atoms with van der Waals surface area (Å²) in [5, 5.41) is 11.9. The number of amides is 1. The van der Waals surface area contributed by atoms with Crippen molar-refractivity contribution in [2.24, 2.45) is 0 Å². The molecule has 1 amide bonds. The molecule has 0 radical (unpaired) electrons. The van der Waals surface area contributed by atoms with Gasteiger partial charge in [0, 0.05) is 5.75 Å². The van der Waals surface area contributed by atoms with Crippen LogP contribution < -0.4 is 14.8 Å². The van der Waals surface area contributed by atoms with Crippen LogP contribution in [0.2, 0.25) is 0 Å². The summed E-state index contributed by atoms with van der Waals surface area (Å²) in [6, 6.07) is 10.8. The first kappa shape index (κ1) is 19.7. The van der Waals surface area contributed by atoms with Crippen LogP contribution in [-0.2, 0) is 10.5 Å². The highest BCUT2D eigenvalue weighted by molar-refractivity contribution is 7.99. The molecule has 7 heteroatoms. The van der Waals surface area contributed by atoms with Gasteiger partial charge in [0.25, 0.3) is 0 Å². The lowest BCUT2D eigenvalue weighted by molar-refractivity contribution is -0.113. The number of anilines is 1. The Morgan fingerprint density at radius 3 is 2.54 bits per heavy atom. The standard InChI is InChI=1S/C19H21NO5S/c1-12-5-4-6-13(7-12)10-26-11-17(21)20-15-8-14(19(22)23)9-16(24-2)18(15)25-3/h4-9H,10-11H2,1-3H3,(H,20,21)(H,22,23). The van der Waals surface area contributed by atoms with Crippen molar-refractivity contribution in [3.8, 4) is 11.5 Å². The van der Waals surface area contributed by atoms with E-state index in [9.17, 15) is 14.7 Å². The molecule has 0 fully saturated rings. The third-order valence-corrected chi connectivity index (χ3v) is 4.59. The number of hydrogen-bond acceptors (Lipinski definition) is 5. The first-order valence-electron chi connectivity index (χ1n) is 7.87. The van der Waals surface area contributed by atoms with E-state index in [-0.39, 0.29) is 34.4 Å². The minimum atomic E-state index is -1.12. The summed E-state index contributed by atoms with van der Waals surface area (Å²) < 4.78 is 10.4. The summed E-state index contributed by atoms with van der Waals surface area (Å²) in [6.07, 6.45) is 0. The molecule has 2 aromatic carbocycles. The third kappa shape index (κ3) is 5.16. The highest BCUT2D eigenvalue weighted by Crippen LogP contribution is 2.36. The minimum Gasteiger partial charge on any atom is -0.493 e. The van der Waals surface area contributed by atoms with Gasteiger partial charge in [-0.05, 0) is 24.6 Å². The molecule has 0 aliphatic carbocycles. The largest absolute Gasteiger partial charge is 0.493 e. The van der Waals surface area contributed by atoms with Gasteiger partial charge in [-0.1, -0.05) is 29.8 Å². The lowest BCUT2D eigenvalue weighted by Gasteiger charge is -2.14. The normalized spacial score (nSPS) is 10.3. The van der Waals surface area contributed by atoms with Gasteiger partial charge in [-0.25, -0.2) is 4.79 Å². The monoisotopic (exact) mass is 375 g/mol. The lowest BCUT2D eigenvalue weighted by atomic mass is 10.1. The number of carboxylic acids is 1. The molecule has 2 N–H and O–H groups in total. The molecule has 0 saturated heterocycles. The van der Waals surface area contributed by atoms with Crippen LogP contribution in [0.25, 0.3) is 0 Å². The first-order valence-corrected chi connectivity index (χ1v) is 9.02. The molecule has 0 heterocycles. The van der Waals surface area contributed by atoms with E-state index in [1.54, 1.807) is 0 Å². The van der Waals surface area contributed by atoms with Crippen molar-refractivity contribution in [1.29, 1.82) is 0 Å². The summed E-state index contributed by atoms with van der Waals surface area (Å²) in [5.74, 6) is 0.118. The number of rotatable bonds is 8. The smallest absolute Gasteiger partial charge is 0.335 e. The minimum absolute atomic E-state index is 0.00497. The maximum atomic E-state index is 12.2. The predicted molar refractivity (Wildman–Crippen MR) is 102 cm³/mol. The van der Waals surface area contributed by atoms with E-state index < -0.39 is 5.97 Å². The van der Waals surface area contributed by atoms with Crippen molar-refractivity contribution < 1.29 is 24.2 Å². The van der Waals surface area contributed by atoms with E-state index in [2.05, 4.69) is 11.4 Å². The van der Waals surface area contributed by atoms with Crippen LogP contribution in [0.1, 0.15) is 21.5 Å². The maximum Gasteiger partial charge on any atom is 0.335 e. The quantitative estimate of drug-likeness (QED) is 0.734. The number of nitrogens with one attached hydrogen (secondary N) is 1. The molecular formula is C19H21NO5S. The van der Waals surface area contributed by atoms with Gasteiger partial charge < -0.3 is 19.9 Å². The molecule has 0 unspecified atom stereocenters. The second kappa shape index (κ2) is 9.15. The Morgan fingerprint density at radius 2 is 1.92 bits per heavy atom. The van der Waals surface area contributed by atoms with E-state index in [1.165, 1.54) is 43.7 Å². The van der Waals surface area contributed by atoms with Crippen molar-refractivity contribution in [2.45, 2.75) is 12.7 Å². The van der Waals surface area contributed by atoms with Crippen LogP contribution in [0.3, 0.4) is 0 Å². The fraction of sp³-hybridized carbons (Fsp3) is 0.263. The SMILES string of the molecule is COc1cc(C(=O)O)cc(NC(=O)CSCc2cccc(C)c2)c1OC. The topological polar surface area (TPSA) is 84.9 Å². The number of benzene rings is 2. The molecule has 0 saturated carbocycles. The first-order chi connectivity index (χ1) is 12.4. The molecule has 26 heavy (non-hydrogen) atoms. The molecule has 2 rings (SSSR count). The van der Waals surface area contributed by atoms with Crippen molar-refractivity contribution in [2.75, 3.05) is 25.3 Å². The second-order valence-corrected chi connectivity index (χ2v) is 6.58. The number of methoxy groups -OCH3 is 2. The van der Waals surface area contributed by atoms with Crippen molar-refractivity contribution >= 4 is 29.3 Å². The molecule has 138 valence electrons. The zero-order valence-corrected chi connectivity index (χ0v) is 15.7. The van der Waals surface area contributed by atoms with Crippen LogP contribution in [0.5, 0.6) is 11.5 Å². The molecule has 6 nitrogen and oxygen atoms in total. The molecule has 0 bridgehead atoms. The van der Waals surface area contributed by atoms with Crippen LogP contribution in [0, 0.1) is 6.92 Å². The molecule has 0 aliphatic rings. The van der Waals surface area contributed by atoms with E-state index in [1.807, 2.05) is 25.1 Å². The molecule has 2 aromatic rings. The Balaban J connectivity index is 2.05. The zero-order valence-electron chi connectivity index (χ0n) is 14.9. The van der Waals surface area contributed by atoms with E-state index in [0.717, 1.165) is 5.56 Å². The van der Waals surface area contributed by atoms with Gasteiger partial charge in [0.1, 0.15) is 0 Å². The molecule has 0 aliphatic heterocycles. The number of ether oxygens (including phenoxy) is 2. The summed E-state index contributed by atoms with van der Waals surface area (Å²) in [6.45, 7) is 2.02. The van der Waals surface area contributed by atoms with E-state index in [0.29, 0.717) is 5.75 Å². The van der Waals surface area contributed by atoms with Gasteiger partial charge in [0.2, 0.25) is 5.91 Å². The predicted octanol–water partition coefficient (Wildman–Crippen LogP) is 3.58. The van der Waals surface area contributed by atoms with Crippen molar-refractivity contribution in [1.82, 2.24) is 0 Å². The summed E-state index contributed by atoms with van der Waals surface area (Å²) in [5.41, 5.74) is 2.60. The Morgan fingerprint density at radius 1 is 1.15 bits per heavy atom. The number of thioether (sulfide) groups is 1. The van der Waals surface area contributed by atoms with E-state index >= 15 is 0 Å². The molecule has 0 spiro atoms. The number of carbonyl (C=O) groups is 2. The number of aryl methyl sites for hydroxylation is 1. The van der Waals surface area contributed by atoms with Crippen LogP contribution in [0.15, 0.2) is 36.4 Å². The highest BCUT2D eigenvalue weighted by Gasteiger charge is 2.17. The maximum absolute atomic E-state index is 12.2. The molecule has 0 atom stereocenters. The van der Waals surface area contributed by atoms with Gasteiger partial charge in [0.15, 0.2) is 11.5 Å². The van der Waals surface area contributed by atoms with E-state index in [4.69, 9.17) is 9.47 Å². The van der Waals surface area contributed by atoms with Gasteiger partial charge in [-0.2, -0.15) is 0 Å². The fourth-order valence-electron chi connectivity index (χ4n) is 2.43. The zero-order chi connectivity index (χ0) is 19.1. The molecular weight excluding hydrogens is 354 g/mol. The third-order valence-electron chi connectivity index (χ3n) is 3.58. The van der Waals surface area contributed by atoms with Crippen molar-refractivity contribution in [3.05, 3.63) is 53.1 Å². The van der Waals surface area contributed by atoms with Gasteiger partial charge in [-0.3, -0.25) is 4.79 Å². The second-order valence-electron chi connectivity index (χ2n) is 5.59. The number of carboxylic acid groups (broad SMARTS) is 1. The Kier molecular flexibility index (Phi) is 6.91. The van der Waals surface area contributed by atoms with Crippen LogP contribution in [-0.4, -0.2) is 37.0 Å². The average Bonchev–Trinajstić information content (AvgIpc) is 2.60. The number of hydrogen-bond donors (Lipinski definition) is 2. The Hall–Kier alpha value is -2.67. The Labute approximate surface area is 156 Å². The van der Waals surface area contributed by atoms with Crippen LogP contribution >= 0.6 is 11.8 Å². The summed E-state index contributed by atoms with van der Waals surface area (Å²) in [7, 11) is 2.84. The fourth-order valence-corrected chi connectivity index (χ4v) is 3.21. The summed E-state index contributed by atoms with van der Waals surface area (Å²) in [4.78, 5) is 23.5. The number of carbonyl (C=O) groups excluding carboxylic acids is 1.